The number of aromatic nitrogens is 5. The molecule has 1 unspecified atom stereocenters. The van der Waals surface area contributed by atoms with Crippen LogP contribution in [0.2, 0.25) is 0 Å². The molecule has 0 saturated heterocycles. The molecule has 1 aliphatic carbocycles. The Bertz CT molecular complexity index is 3640. The molecule has 316 valence electrons. The molecule has 1 atom stereocenters. The van der Waals surface area contributed by atoms with E-state index in [-0.39, 0.29) is 5.41 Å². The van der Waals surface area contributed by atoms with Gasteiger partial charge in [-0.2, -0.15) is 0 Å². The summed E-state index contributed by atoms with van der Waals surface area (Å²) in [6, 6.07) is 69.2. The highest BCUT2D eigenvalue weighted by atomic mass is 15.0. The lowest BCUT2D eigenvalue weighted by molar-refractivity contribution is 0.294. The van der Waals surface area contributed by atoms with Crippen molar-refractivity contribution in [3.05, 3.63) is 212 Å². The van der Waals surface area contributed by atoms with Gasteiger partial charge in [-0.3, -0.25) is 0 Å². The van der Waals surface area contributed by atoms with Gasteiger partial charge in [0.15, 0.2) is 17.5 Å². The van der Waals surface area contributed by atoms with Crippen LogP contribution in [0.1, 0.15) is 27.2 Å². The molecule has 12 rings (SSSR count). The van der Waals surface area contributed by atoms with Crippen LogP contribution in [-0.2, 0) is 0 Å². The molecular weight excluding hydrogens is 803 g/mol. The Hall–Kier alpha value is -8.15. The van der Waals surface area contributed by atoms with Crippen LogP contribution in [0.15, 0.2) is 212 Å². The third kappa shape index (κ3) is 6.92. The van der Waals surface area contributed by atoms with Crippen molar-refractivity contribution in [2.45, 2.75) is 27.2 Å². The molecule has 0 fully saturated rings. The second kappa shape index (κ2) is 15.8. The molecule has 1 aliphatic rings. The van der Waals surface area contributed by atoms with Gasteiger partial charge in [0.05, 0.1) is 22.1 Å². The van der Waals surface area contributed by atoms with Gasteiger partial charge >= 0.3 is 0 Å². The Morgan fingerprint density at radius 1 is 0.394 bits per heavy atom. The summed E-state index contributed by atoms with van der Waals surface area (Å²) in [5.41, 5.74) is 14.8. The first-order valence-electron chi connectivity index (χ1n) is 22.9. The summed E-state index contributed by atoms with van der Waals surface area (Å²) < 4.78 is 4.86. The summed E-state index contributed by atoms with van der Waals surface area (Å²) >= 11 is 0. The van der Waals surface area contributed by atoms with E-state index in [4.69, 9.17) is 15.0 Å². The number of hydrogen-bond donors (Lipinski definition) is 0. The predicted molar refractivity (Wildman–Crippen MR) is 275 cm³/mol. The Balaban J connectivity index is 0.924. The Morgan fingerprint density at radius 3 is 1.42 bits per heavy atom. The summed E-state index contributed by atoms with van der Waals surface area (Å²) in [6.07, 6.45) is 8.20. The van der Waals surface area contributed by atoms with Gasteiger partial charge in [0.25, 0.3) is 0 Å². The number of benzene rings is 8. The van der Waals surface area contributed by atoms with Crippen LogP contribution in [0, 0.1) is 11.3 Å². The van der Waals surface area contributed by atoms with Crippen molar-refractivity contribution in [1.29, 1.82) is 0 Å². The highest BCUT2D eigenvalue weighted by Gasteiger charge is 2.24. The van der Waals surface area contributed by atoms with Crippen LogP contribution in [0.4, 0.5) is 0 Å². The van der Waals surface area contributed by atoms with E-state index in [9.17, 15) is 0 Å². The minimum Gasteiger partial charge on any atom is -0.310 e. The van der Waals surface area contributed by atoms with Crippen LogP contribution in [-0.4, -0.2) is 24.1 Å². The second-order valence-electron chi connectivity index (χ2n) is 18.5. The molecule has 0 saturated carbocycles. The minimum absolute atomic E-state index is 0.227. The predicted octanol–water partition coefficient (Wildman–Crippen LogP) is 15.9. The lowest BCUT2D eigenvalue weighted by Crippen LogP contribution is -2.19. The molecule has 66 heavy (non-hydrogen) atoms. The van der Waals surface area contributed by atoms with Crippen LogP contribution < -0.4 is 0 Å². The van der Waals surface area contributed by atoms with Gasteiger partial charge in [-0.05, 0) is 88.5 Å². The first kappa shape index (κ1) is 39.4. The molecule has 0 radical (unpaired) electrons. The second-order valence-corrected chi connectivity index (χ2v) is 18.5. The van der Waals surface area contributed by atoms with E-state index in [0.29, 0.717) is 23.4 Å². The van der Waals surface area contributed by atoms with Crippen molar-refractivity contribution >= 4 is 49.3 Å². The molecule has 3 aromatic heterocycles. The smallest absolute Gasteiger partial charge is 0.164 e. The fourth-order valence-electron chi connectivity index (χ4n) is 9.85. The first-order valence-corrected chi connectivity index (χ1v) is 22.9. The van der Waals surface area contributed by atoms with Crippen LogP contribution >= 0.6 is 0 Å². The summed E-state index contributed by atoms with van der Waals surface area (Å²) in [5, 5.41) is 4.98. The molecule has 0 amide bonds. The monoisotopic (exact) mass is 849 g/mol. The molecule has 0 bridgehead atoms. The first-order chi connectivity index (χ1) is 32.3. The number of para-hydroxylation sites is 2. The summed E-state index contributed by atoms with van der Waals surface area (Å²) in [5.74, 6) is 2.45. The van der Waals surface area contributed by atoms with Crippen molar-refractivity contribution in [3.63, 3.8) is 0 Å². The molecule has 5 nitrogen and oxygen atoms in total. The van der Waals surface area contributed by atoms with Crippen molar-refractivity contribution in [2.24, 2.45) is 11.3 Å². The maximum Gasteiger partial charge on any atom is 0.164 e. The fourth-order valence-corrected chi connectivity index (χ4v) is 9.85. The quantitative estimate of drug-likeness (QED) is 0.160. The zero-order valence-corrected chi connectivity index (χ0v) is 37.2. The van der Waals surface area contributed by atoms with Crippen LogP contribution in [0.3, 0.4) is 0 Å². The van der Waals surface area contributed by atoms with E-state index in [0.717, 1.165) is 45.4 Å². The largest absolute Gasteiger partial charge is 0.310 e. The maximum atomic E-state index is 5.02. The van der Waals surface area contributed by atoms with Gasteiger partial charge < -0.3 is 9.13 Å². The van der Waals surface area contributed by atoms with Crippen molar-refractivity contribution in [3.8, 4) is 62.1 Å². The van der Waals surface area contributed by atoms with Gasteiger partial charge in [-0.25, -0.2) is 15.0 Å². The molecule has 8 aromatic carbocycles. The molecule has 3 heterocycles. The zero-order chi connectivity index (χ0) is 44.4. The highest BCUT2D eigenvalue weighted by molar-refractivity contribution is 6.12. The standard InChI is InChI=1S/C61H47N5/c1-61(2,3)47-29-33-49(34-30-47)66-55-24-13-11-21-50(55)52-35-27-44(38-56(52)66)40-25-31-48(32-26-40)65-54-23-12-10-22-51(54)53-36-28-45(39-57(53)65)43-19-14-20-46(37-43)60-63-58(41-15-6-4-7-16-41)62-59(64-60)42-17-8-5-9-18-42/h4-29,31-39,47H,30H2,1-3H3. The van der Waals surface area contributed by atoms with Gasteiger partial charge in [-0.15, -0.1) is 0 Å². The normalized spacial score (nSPS) is 14.1. The van der Waals surface area contributed by atoms with Gasteiger partial charge in [-0.1, -0.05) is 185 Å². The molecule has 0 aliphatic heterocycles. The lowest BCUT2D eigenvalue weighted by atomic mass is 9.77. The van der Waals surface area contributed by atoms with E-state index in [2.05, 4.69) is 182 Å². The third-order valence-electron chi connectivity index (χ3n) is 13.4. The van der Waals surface area contributed by atoms with E-state index >= 15 is 0 Å². The van der Waals surface area contributed by atoms with Crippen molar-refractivity contribution < 1.29 is 0 Å². The van der Waals surface area contributed by atoms with Gasteiger partial charge in [0.2, 0.25) is 0 Å². The van der Waals surface area contributed by atoms with Crippen molar-refractivity contribution in [2.75, 3.05) is 0 Å². The highest BCUT2D eigenvalue weighted by Crippen LogP contribution is 2.40. The number of hydrogen-bond acceptors (Lipinski definition) is 3. The summed E-state index contributed by atoms with van der Waals surface area (Å²) in [6.45, 7) is 7.00. The van der Waals surface area contributed by atoms with Crippen LogP contribution in [0.5, 0.6) is 0 Å². The van der Waals surface area contributed by atoms with Gasteiger partial charge in [0.1, 0.15) is 0 Å². The molecule has 0 spiro atoms. The SMILES string of the molecule is CC(C)(C)C1C=CC(n2c3ccccc3c3ccc(-c4ccc(-n5c6ccccc6c6ccc(-c7cccc(-c8nc(-c9ccccc9)nc(-c9ccccc9)n8)c7)cc65)cc4)cc32)=CC1. The van der Waals surface area contributed by atoms with E-state index in [1.54, 1.807) is 0 Å². The van der Waals surface area contributed by atoms with E-state index in [1.807, 2.05) is 60.7 Å². The Labute approximate surface area is 384 Å². The fraction of sp³-hybridized carbons (Fsp3) is 0.0984. The van der Waals surface area contributed by atoms with E-state index < -0.39 is 0 Å². The summed E-state index contributed by atoms with van der Waals surface area (Å²) in [7, 11) is 0. The number of fused-ring (bicyclic) bond motifs is 6. The number of allylic oxidation sites excluding steroid dienone is 4. The zero-order valence-electron chi connectivity index (χ0n) is 37.2. The molecule has 5 heteroatoms. The average molecular weight is 850 g/mol. The van der Waals surface area contributed by atoms with E-state index in [1.165, 1.54) is 54.9 Å². The Morgan fingerprint density at radius 2 is 0.848 bits per heavy atom. The third-order valence-corrected chi connectivity index (χ3v) is 13.4. The molecule has 11 aromatic rings. The Kier molecular flexibility index (Phi) is 9.46. The average Bonchev–Trinajstić information content (AvgIpc) is 3.89. The number of nitrogens with zero attached hydrogens (tertiary/aromatic N) is 5. The van der Waals surface area contributed by atoms with Gasteiger partial charge in [0, 0.05) is 49.6 Å². The molecule has 0 N–H and O–H groups in total. The van der Waals surface area contributed by atoms with Crippen LogP contribution in [0.25, 0.3) is 111 Å². The summed E-state index contributed by atoms with van der Waals surface area (Å²) in [4.78, 5) is 15.0. The lowest BCUT2D eigenvalue weighted by Gasteiger charge is -2.29. The topological polar surface area (TPSA) is 48.5 Å². The molecular formula is C61H47N5. The van der Waals surface area contributed by atoms with Crippen molar-refractivity contribution in [1.82, 2.24) is 24.1 Å². The number of rotatable bonds is 7. The minimum atomic E-state index is 0.227. The maximum absolute atomic E-state index is 5.02.